The molecule has 182 valence electrons. The number of rotatable bonds is 8. The van der Waals surface area contributed by atoms with E-state index in [1.807, 2.05) is 45.8 Å². The average Bonchev–Trinajstić information content (AvgIpc) is 3.53. The van der Waals surface area contributed by atoms with E-state index < -0.39 is 0 Å². The highest BCUT2D eigenvalue weighted by Crippen LogP contribution is 2.09. The third-order valence-electron chi connectivity index (χ3n) is 6.23. The molecule has 0 amide bonds. The van der Waals surface area contributed by atoms with Gasteiger partial charge in [-0.3, -0.25) is 9.80 Å². The average molecular weight is 474 g/mol. The fraction of sp³-hybridized carbons (Fsp3) is 0.417. The lowest BCUT2D eigenvalue weighted by atomic mass is 10.2. The number of nitrogens with zero attached hydrogens (tertiary/aromatic N) is 10. The molecule has 2 aromatic carbocycles. The van der Waals surface area contributed by atoms with Crippen molar-refractivity contribution in [2.45, 2.75) is 26.2 Å². The van der Waals surface area contributed by atoms with Crippen molar-refractivity contribution >= 4 is 0 Å². The Balaban J connectivity index is 1.20. The van der Waals surface area contributed by atoms with Crippen molar-refractivity contribution in [3.8, 4) is 0 Å². The fourth-order valence-electron chi connectivity index (χ4n) is 4.25. The fourth-order valence-corrected chi connectivity index (χ4v) is 4.25. The maximum atomic E-state index is 4.31. The van der Waals surface area contributed by atoms with E-state index in [9.17, 15) is 0 Å². The van der Waals surface area contributed by atoms with Crippen LogP contribution in [0.2, 0.25) is 0 Å². The second-order valence-corrected chi connectivity index (χ2v) is 8.78. The Kier molecular flexibility index (Phi) is 7.78. The van der Waals surface area contributed by atoms with Crippen LogP contribution in [-0.2, 0) is 26.2 Å². The lowest BCUT2D eigenvalue weighted by Crippen LogP contribution is -2.36. The summed E-state index contributed by atoms with van der Waals surface area (Å²) in [7, 11) is 0. The highest BCUT2D eigenvalue weighted by molar-refractivity contribution is 5.15. The summed E-state index contributed by atoms with van der Waals surface area (Å²) in [6, 6.07) is 20.6. The van der Waals surface area contributed by atoms with E-state index in [1.54, 1.807) is 0 Å². The first-order chi connectivity index (χ1) is 17.3. The van der Waals surface area contributed by atoms with E-state index in [0.717, 1.165) is 50.9 Å². The minimum atomic E-state index is 0.672. The van der Waals surface area contributed by atoms with Crippen molar-refractivity contribution in [3.63, 3.8) is 0 Å². The van der Waals surface area contributed by atoms with Gasteiger partial charge >= 0.3 is 0 Å². The third kappa shape index (κ3) is 6.53. The highest BCUT2D eigenvalue weighted by Gasteiger charge is 2.18. The van der Waals surface area contributed by atoms with Crippen molar-refractivity contribution in [1.82, 2.24) is 55.5 Å². The largest absolute Gasteiger partial charge is 0.314 e. The van der Waals surface area contributed by atoms with Gasteiger partial charge in [0.05, 0.1) is 26.2 Å². The Morgan fingerprint density at radius 3 is 1.49 bits per heavy atom. The van der Waals surface area contributed by atoms with Gasteiger partial charge in [0.25, 0.3) is 0 Å². The lowest BCUT2D eigenvalue weighted by molar-refractivity contribution is 0.200. The van der Waals surface area contributed by atoms with E-state index in [2.05, 4.69) is 70.4 Å². The number of nitrogens with one attached hydrogen (secondary N) is 1. The monoisotopic (exact) mass is 473 g/mol. The van der Waals surface area contributed by atoms with Crippen LogP contribution in [-0.4, -0.2) is 89.5 Å². The molecule has 4 aromatic rings. The molecule has 2 aromatic heterocycles. The van der Waals surface area contributed by atoms with Crippen LogP contribution in [0.4, 0.5) is 0 Å². The predicted molar refractivity (Wildman–Crippen MR) is 130 cm³/mol. The van der Waals surface area contributed by atoms with Crippen LogP contribution in [0, 0.1) is 0 Å². The SMILES string of the molecule is c1ccc(Cn2nnnc2CN2CCNCCN(Cc3nnnn3Cc3ccccc3)CC2)cc1. The van der Waals surface area contributed by atoms with Gasteiger partial charge < -0.3 is 5.32 Å². The van der Waals surface area contributed by atoms with Gasteiger partial charge in [0.1, 0.15) is 0 Å². The molecule has 5 rings (SSSR count). The molecule has 0 unspecified atom stereocenters. The molecule has 1 saturated heterocycles. The molecule has 11 nitrogen and oxygen atoms in total. The minimum Gasteiger partial charge on any atom is -0.314 e. The summed E-state index contributed by atoms with van der Waals surface area (Å²) in [5, 5.41) is 28.5. The zero-order valence-corrected chi connectivity index (χ0v) is 19.8. The Morgan fingerprint density at radius 2 is 1.03 bits per heavy atom. The number of tetrazole rings is 2. The standard InChI is InChI=1S/C24H31N11/c1-3-7-21(8-4-1)17-34-23(26-28-30-34)19-32-13-11-25-12-14-33(16-15-32)20-24-27-29-31-35(24)18-22-9-5-2-6-10-22/h1-10,25H,11-20H2. The smallest absolute Gasteiger partial charge is 0.165 e. The van der Waals surface area contributed by atoms with Crippen LogP contribution in [0.25, 0.3) is 0 Å². The van der Waals surface area contributed by atoms with Gasteiger partial charge in [-0.1, -0.05) is 60.7 Å². The first-order valence-corrected chi connectivity index (χ1v) is 12.1. The summed E-state index contributed by atoms with van der Waals surface area (Å²) in [5.74, 6) is 1.76. The van der Waals surface area contributed by atoms with Gasteiger partial charge in [0, 0.05) is 39.3 Å². The van der Waals surface area contributed by atoms with E-state index in [4.69, 9.17) is 0 Å². The van der Waals surface area contributed by atoms with Gasteiger partial charge in [-0.25, -0.2) is 9.36 Å². The molecule has 11 heteroatoms. The van der Waals surface area contributed by atoms with Crippen molar-refractivity contribution < 1.29 is 0 Å². The van der Waals surface area contributed by atoms with Gasteiger partial charge in [0.15, 0.2) is 11.6 Å². The molecule has 0 bridgehead atoms. The molecule has 3 heterocycles. The Hall–Kier alpha value is -3.54. The summed E-state index contributed by atoms with van der Waals surface area (Å²) in [5.41, 5.74) is 2.37. The van der Waals surface area contributed by atoms with Crippen molar-refractivity contribution in [3.05, 3.63) is 83.4 Å². The summed E-state index contributed by atoms with van der Waals surface area (Å²) in [6.45, 7) is 8.34. The Labute approximate surface area is 204 Å². The van der Waals surface area contributed by atoms with Crippen LogP contribution in [0.1, 0.15) is 22.8 Å². The molecule has 35 heavy (non-hydrogen) atoms. The summed E-state index contributed by atoms with van der Waals surface area (Å²) < 4.78 is 3.79. The molecule has 1 aliphatic rings. The van der Waals surface area contributed by atoms with Crippen molar-refractivity contribution in [1.29, 1.82) is 0 Å². The van der Waals surface area contributed by atoms with Gasteiger partial charge in [-0.15, -0.1) is 10.2 Å². The number of hydrogen-bond acceptors (Lipinski definition) is 9. The van der Waals surface area contributed by atoms with Gasteiger partial charge in [0.2, 0.25) is 0 Å². The van der Waals surface area contributed by atoms with Crippen LogP contribution in [0.5, 0.6) is 0 Å². The molecule has 1 N–H and O–H groups in total. The summed E-state index contributed by atoms with van der Waals surface area (Å²) in [6.07, 6.45) is 0. The second-order valence-electron chi connectivity index (χ2n) is 8.78. The maximum absolute atomic E-state index is 4.31. The molecule has 0 saturated carbocycles. The third-order valence-corrected chi connectivity index (χ3v) is 6.23. The first kappa shape index (κ1) is 23.2. The van der Waals surface area contributed by atoms with Crippen LogP contribution < -0.4 is 5.32 Å². The molecule has 0 aliphatic carbocycles. The molecule has 1 fully saturated rings. The summed E-state index contributed by atoms with van der Waals surface area (Å²) in [4.78, 5) is 4.82. The predicted octanol–water partition coefficient (Wildman–Crippen LogP) is 0.664. The normalized spacial score (nSPS) is 16.0. The topological polar surface area (TPSA) is 106 Å². The zero-order valence-electron chi connectivity index (χ0n) is 19.8. The van der Waals surface area contributed by atoms with E-state index in [0.29, 0.717) is 26.2 Å². The second kappa shape index (κ2) is 11.7. The number of hydrogen-bond donors (Lipinski definition) is 1. The zero-order chi connectivity index (χ0) is 23.7. The van der Waals surface area contributed by atoms with Crippen LogP contribution in [0.15, 0.2) is 60.7 Å². The number of aromatic nitrogens is 8. The van der Waals surface area contributed by atoms with E-state index in [-0.39, 0.29) is 0 Å². The molecule has 1 aliphatic heterocycles. The first-order valence-electron chi connectivity index (χ1n) is 12.1. The Bertz CT molecular complexity index is 1070. The summed E-state index contributed by atoms with van der Waals surface area (Å²) >= 11 is 0. The van der Waals surface area contributed by atoms with Gasteiger partial charge in [-0.2, -0.15) is 0 Å². The minimum absolute atomic E-state index is 0.672. The molecular weight excluding hydrogens is 442 g/mol. The maximum Gasteiger partial charge on any atom is 0.165 e. The van der Waals surface area contributed by atoms with Crippen molar-refractivity contribution in [2.24, 2.45) is 0 Å². The van der Waals surface area contributed by atoms with Gasteiger partial charge in [-0.05, 0) is 32.0 Å². The van der Waals surface area contributed by atoms with Crippen LogP contribution >= 0.6 is 0 Å². The molecule has 0 atom stereocenters. The Morgan fingerprint density at radius 1 is 0.571 bits per heavy atom. The highest BCUT2D eigenvalue weighted by atomic mass is 15.6. The quantitative estimate of drug-likeness (QED) is 0.395. The lowest BCUT2D eigenvalue weighted by Gasteiger charge is -2.25. The van der Waals surface area contributed by atoms with Crippen molar-refractivity contribution in [2.75, 3.05) is 39.3 Å². The van der Waals surface area contributed by atoms with E-state index >= 15 is 0 Å². The van der Waals surface area contributed by atoms with Crippen LogP contribution in [0.3, 0.4) is 0 Å². The van der Waals surface area contributed by atoms with E-state index in [1.165, 1.54) is 11.1 Å². The number of benzene rings is 2. The molecular formula is C24H31N11. The molecule has 0 spiro atoms. The molecule has 0 radical (unpaired) electrons.